The van der Waals surface area contributed by atoms with Gasteiger partial charge in [-0.25, -0.2) is 13.1 Å². The maximum Gasteiger partial charge on any atom is 0.242 e. The molecule has 0 saturated heterocycles. The van der Waals surface area contributed by atoms with E-state index in [-0.39, 0.29) is 16.9 Å². The number of aliphatic hydroxyl groups excluding tert-OH is 1. The first-order valence-electron chi connectivity index (χ1n) is 6.67. The number of aliphatic hydroxyl groups is 1. The summed E-state index contributed by atoms with van der Waals surface area (Å²) in [6.07, 6.45) is 4.47. The predicted octanol–water partition coefficient (Wildman–Crippen LogP) is 0.612. The van der Waals surface area contributed by atoms with Gasteiger partial charge in [-0.15, -0.1) is 0 Å². The van der Waals surface area contributed by atoms with Crippen molar-refractivity contribution < 1.29 is 18.3 Å². The molecule has 1 aliphatic carbocycles. The van der Waals surface area contributed by atoms with Gasteiger partial charge < -0.3 is 14.4 Å². The van der Waals surface area contributed by atoms with Crippen molar-refractivity contribution in [1.29, 1.82) is 0 Å². The van der Waals surface area contributed by atoms with Gasteiger partial charge in [0.2, 0.25) is 10.0 Å². The molecule has 1 fully saturated rings. The Kier molecular flexibility index (Phi) is 4.53. The molecule has 114 valence electrons. The zero-order valence-electron chi connectivity index (χ0n) is 11.9. The standard InChI is InChI=1S/C13H22N2O4S/c1-15-8-12(7-11(15)9-16)20(17,18)14-10-13(3-4-13)5-6-19-2/h7-8,14,16H,3-6,9-10H2,1-2H3. The number of methoxy groups -OCH3 is 1. The normalized spacial score (nSPS) is 17.4. The van der Waals surface area contributed by atoms with Crippen molar-refractivity contribution in [2.24, 2.45) is 12.5 Å². The Morgan fingerprint density at radius 1 is 1.50 bits per heavy atom. The molecule has 1 aromatic rings. The zero-order valence-corrected chi connectivity index (χ0v) is 12.7. The van der Waals surface area contributed by atoms with E-state index in [4.69, 9.17) is 9.84 Å². The van der Waals surface area contributed by atoms with Gasteiger partial charge in [0, 0.05) is 39.2 Å². The number of aromatic nitrogens is 1. The quantitative estimate of drug-likeness (QED) is 0.737. The minimum atomic E-state index is -3.51. The topological polar surface area (TPSA) is 80.6 Å². The Bertz CT molecular complexity index is 561. The molecule has 0 bridgehead atoms. The Hall–Kier alpha value is -0.890. The largest absolute Gasteiger partial charge is 0.390 e. The van der Waals surface area contributed by atoms with Gasteiger partial charge >= 0.3 is 0 Å². The van der Waals surface area contributed by atoms with Gasteiger partial charge in [-0.3, -0.25) is 0 Å². The lowest BCUT2D eigenvalue weighted by Crippen LogP contribution is -2.30. The van der Waals surface area contributed by atoms with Crippen LogP contribution in [0.15, 0.2) is 17.2 Å². The lowest BCUT2D eigenvalue weighted by Gasteiger charge is -2.15. The molecule has 2 N–H and O–H groups in total. The number of hydrogen-bond donors (Lipinski definition) is 2. The molecule has 1 aliphatic rings. The summed E-state index contributed by atoms with van der Waals surface area (Å²) < 4.78 is 33.8. The summed E-state index contributed by atoms with van der Waals surface area (Å²) in [7, 11) is -0.146. The van der Waals surface area contributed by atoms with Crippen LogP contribution >= 0.6 is 0 Å². The molecule has 7 heteroatoms. The van der Waals surface area contributed by atoms with Gasteiger partial charge in [-0.05, 0) is 30.7 Å². The van der Waals surface area contributed by atoms with Crippen LogP contribution in [0.5, 0.6) is 0 Å². The first-order chi connectivity index (χ1) is 9.42. The number of aryl methyl sites for hydroxylation is 1. The second-order valence-corrected chi connectivity index (χ2v) is 7.27. The van der Waals surface area contributed by atoms with Gasteiger partial charge in [0.25, 0.3) is 0 Å². The van der Waals surface area contributed by atoms with Crippen LogP contribution in [0.25, 0.3) is 0 Å². The van der Waals surface area contributed by atoms with Crippen LogP contribution in [0.2, 0.25) is 0 Å². The number of sulfonamides is 1. The molecular weight excluding hydrogens is 280 g/mol. The van der Waals surface area contributed by atoms with Crippen molar-refractivity contribution in [3.05, 3.63) is 18.0 Å². The number of nitrogens with zero attached hydrogens (tertiary/aromatic N) is 1. The number of ether oxygens (including phenoxy) is 1. The van der Waals surface area contributed by atoms with E-state index in [0.29, 0.717) is 18.8 Å². The highest BCUT2D eigenvalue weighted by molar-refractivity contribution is 7.89. The molecule has 0 spiro atoms. The van der Waals surface area contributed by atoms with Gasteiger partial charge in [-0.1, -0.05) is 0 Å². The van der Waals surface area contributed by atoms with Gasteiger partial charge in [-0.2, -0.15) is 0 Å². The lowest BCUT2D eigenvalue weighted by atomic mass is 10.0. The van der Waals surface area contributed by atoms with Crippen LogP contribution in [0.4, 0.5) is 0 Å². The van der Waals surface area contributed by atoms with E-state index in [9.17, 15) is 8.42 Å². The summed E-state index contributed by atoms with van der Waals surface area (Å²) in [5, 5.41) is 9.11. The van der Waals surface area contributed by atoms with Crippen molar-refractivity contribution in [2.75, 3.05) is 20.3 Å². The first kappa shape index (κ1) is 15.5. The van der Waals surface area contributed by atoms with Crippen LogP contribution < -0.4 is 4.72 Å². The maximum atomic E-state index is 12.2. The summed E-state index contributed by atoms with van der Waals surface area (Å²) in [6.45, 7) is 0.924. The lowest BCUT2D eigenvalue weighted by molar-refractivity contribution is 0.173. The van der Waals surface area contributed by atoms with Gasteiger partial charge in [0.15, 0.2) is 0 Å². The Balaban J connectivity index is 2.00. The molecule has 0 aromatic carbocycles. The van der Waals surface area contributed by atoms with Crippen molar-refractivity contribution in [1.82, 2.24) is 9.29 Å². The van der Waals surface area contributed by atoms with E-state index in [0.717, 1.165) is 19.3 Å². The monoisotopic (exact) mass is 302 g/mol. The van der Waals surface area contributed by atoms with Crippen molar-refractivity contribution in [2.45, 2.75) is 30.8 Å². The predicted molar refractivity (Wildman–Crippen MR) is 74.7 cm³/mol. The van der Waals surface area contributed by atoms with E-state index in [2.05, 4.69) is 4.72 Å². The third-order valence-corrected chi connectivity index (χ3v) is 5.35. The number of rotatable bonds is 8. The molecule has 1 saturated carbocycles. The minimum absolute atomic E-state index is 0.0671. The highest BCUT2D eigenvalue weighted by Gasteiger charge is 2.42. The molecule has 2 rings (SSSR count). The smallest absolute Gasteiger partial charge is 0.242 e. The van der Waals surface area contributed by atoms with Crippen LogP contribution in [-0.4, -0.2) is 38.4 Å². The summed E-state index contributed by atoms with van der Waals surface area (Å²) in [4.78, 5) is 0.201. The molecule has 0 atom stereocenters. The molecule has 20 heavy (non-hydrogen) atoms. The van der Waals surface area contributed by atoms with Crippen LogP contribution in [0.3, 0.4) is 0 Å². The average molecular weight is 302 g/mol. The molecule has 0 amide bonds. The third-order valence-electron chi connectivity index (χ3n) is 3.99. The minimum Gasteiger partial charge on any atom is -0.390 e. The van der Waals surface area contributed by atoms with Crippen LogP contribution in [-0.2, 0) is 28.4 Å². The van der Waals surface area contributed by atoms with E-state index in [1.165, 1.54) is 12.3 Å². The maximum absolute atomic E-state index is 12.2. The zero-order chi connectivity index (χ0) is 14.8. The van der Waals surface area contributed by atoms with Crippen LogP contribution in [0, 0.1) is 5.41 Å². The highest BCUT2D eigenvalue weighted by atomic mass is 32.2. The average Bonchev–Trinajstić information content (AvgIpc) is 3.09. The first-order valence-corrected chi connectivity index (χ1v) is 8.15. The Labute approximate surface area is 119 Å². The fourth-order valence-corrected chi connectivity index (χ4v) is 3.47. The molecule has 1 aromatic heterocycles. The fourth-order valence-electron chi connectivity index (χ4n) is 2.22. The molecule has 1 heterocycles. The molecule has 0 aliphatic heterocycles. The molecule has 0 radical (unpaired) electrons. The summed E-state index contributed by atoms with van der Waals surface area (Å²) >= 11 is 0. The van der Waals surface area contributed by atoms with Gasteiger partial charge in [0.1, 0.15) is 0 Å². The summed E-state index contributed by atoms with van der Waals surface area (Å²) in [6, 6.07) is 1.50. The fraction of sp³-hybridized carbons (Fsp3) is 0.692. The van der Waals surface area contributed by atoms with Crippen molar-refractivity contribution in [3.8, 4) is 0 Å². The van der Waals surface area contributed by atoms with Crippen molar-refractivity contribution >= 4 is 10.0 Å². The second-order valence-electron chi connectivity index (χ2n) is 5.50. The summed E-state index contributed by atoms with van der Waals surface area (Å²) in [5.41, 5.74) is 0.642. The molecule has 6 nitrogen and oxygen atoms in total. The van der Waals surface area contributed by atoms with E-state index >= 15 is 0 Å². The molecule has 0 unspecified atom stereocenters. The Morgan fingerprint density at radius 3 is 2.70 bits per heavy atom. The summed E-state index contributed by atoms with van der Waals surface area (Å²) in [5.74, 6) is 0. The SMILES string of the molecule is COCCC1(CNS(=O)(=O)c2cc(CO)n(C)c2)CC1. The number of nitrogens with one attached hydrogen (secondary N) is 1. The highest BCUT2D eigenvalue weighted by Crippen LogP contribution is 2.48. The van der Waals surface area contributed by atoms with Gasteiger partial charge in [0.05, 0.1) is 11.5 Å². The Morgan fingerprint density at radius 2 is 2.20 bits per heavy atom. The third kappa shape index (κ3) is 3.41. The van der Waals surface area contributed by atoms with E-state index in [1.54, 1.807) is 18.7 Å². The molecular formula is C13H22N2O4S. The van der Waals surface area contributed by atoms with E-state index < -0.39 is 10.0 Å². The van der Waals surface area contributed by atoms with Crippen molar-refractivity contribution in [3.63, 3.8) is 0 Å². The second kappa shape index (κ2) is 5.85. The van der Waals surface area contributed by atoms with Crippen LogP contribution in [0.1, 0.15) is 25.0 Å². The van der Waals surface area contributed by atoms with E-state index in [1.807, 2.05) is 0 Å². The number of hydrogen-bond acceptors (Lipinski definition) is 4.